The lowest BCUT2D eigenvalue weighted by Crippen LogP contribution is -2.09. The molecule has 1 aromatic heterocycles. The molecule has 1 heterocycles. The Morgan fingerprint density at radius 2 is 1.95 bits per heavy atom. The van der Waals surface area contributed by atoms with Gasteiger partial charge in [0.25, 0.3) is 0 Å². The minimum absolute atomic E-state index is 0.0991. The molecule has 0 saturated carbocycles. The molecule has 108 valence electrons. The molecule has 4 heteroatoms. The van der Waals surface area contributed by atoms with Gasteiger partial charge in [0.15, 0.2) is 0 Å². The van der Waals surface area contributed by atoms with E-state index < -0.39 is 0 Å². The lowest BCUT2D eigenvalue weighted by atomic mass is 10.2. The fraction of sp³-hybridized carbons (Fsp3) is 0.438. The predicted molar refractivity (Wildman–Crippen MR) is 82.5 cm³/mol. The molecule has 0 aliphatic carbocycles. The highest BCUT2D eigenvalue weighted by Gasteiger charge is 2.10. The van der Waals surface area contributed by atoms with Crippen molar-refractivity contribution in [1.29, 1.82) is 0 Å². The number of aryl methyl sites for hydroxylation is 2. The van der Waals surface area contributed by atoms with Crippen LogP contribution in [0, 0.1) is 0 Å². The maximum Gasteiger partial charge on any atom is 0.144 e. The maximum atomic E-state index is 5.96. The Morgan fingerprint density at radius 1 is 1.20 bits per heavy atom. The number of ether oxygens (including phenoxy) is 1. The van der Waals surface area contributed by atoms with Crippen LogP contribution < -0.4 is 10.5 Å². The second kappa shape index (κ2) is 5.99. The molecule has 0 saturated heterocycles. The molecule has 2 N–H and O–H groups in total. The number of nitrogens with two attached hydrogens (primary N) is 1. The van der Waals surface area contributed by atoms with Gasteiger partial charge in [0.2, 0.25) is 0 Å². The third-order valence-corrected chi connectivity index (χ3v) is 3.16. The van der Waals surface area contributed by atoms with Crippen molar-refractivity contribution in [3.63, 3.8) is 0 Å². The lowest BCUT2D eigenvalue weighted by molar-refractivity contribution is 0.244. The van der Waals surface area contributed by atoms with E-state index in [4.69, 9.17) is 10.5 Å². The lowest BCUT2D eigenvalue weighted by Gasteiger charge is -2.14. The zero-order chi connectivity index (χ0) is 14.7. The molecule has 4 nitrogen and oxygen atoms in total. The number of rotatable bonds is 5. The van der Waals surface area contributed by atoms with E-state index in [-0.39, 0.29) is 6.10 Å². The van der Waals surface area contributed by atoms with Gasteiger partial charge in [-0.15, -0.1) is 0 Å². The van der Waals surface area contributed by atoms with Crippen LogP contribution >= 0.6 is 0 Å². The van der Waals surface area contributed by atoms with Gasteiger partial charge in [0.1, 0.15) is 5.75 Å². The van der Waals surface area contributed by atoms with Crippen molar-refractivity contribution < 1.29 is 4.74 Å². The second-order valence-corrected chi connectivity index (χ2v) is 5.13. The fourth-order valence-electron chi connectivity index (χ4n) is 2.13. The zero-order valence-corrected chi connectivity index (χ0v) is 12.7. The third-order valence-electron chi connectivity index (χ3n) is 3.16. The molecule has 0 atom stereocenters. The molecular formula is C16H23N3O. The van der Waals surface area contributed by atoms with E-state index in [1.807, 2.05) is 36.7 Å². The first-order valence-electron chi connectivity index (χ1n) is 7.19. The van der Waals surface area contributed by atoms with Gasteiger partial charge in [0, 0.05) is 11.8 Å². The standard InChI is InChI=1S/C16H23N3O/c1-5-12-9-13(6-2)19(18-12)14-7-8-15(17)16(10-14)20-11(3)4/h7-11H,5-6,17H2,1-4H3. The van der Waals surface area contributed by atoms with Crippen LogP contribution in [-0.4, -0.2) is 15.9 Å². The van der Waals surface area contributed by atoms with E-state index in [1.54, 1.807) is 0 Å². The van der Waals surface area contributed by atoms with Crippen molar-refractivity contribution in [3.05, 3.63) is 35.7 Å². The molecule has 0 bridgehead atoms. The first kappa shape index (κ1) is 14.4. The van der Waals surface area contributed by atoms with Crippen molar-refractivity contribution in [2.75, 3.05) is 5.73 Å². The van der Waals surface area contributed by atoms with Gasteiger partial charge < -0.3 is 10.5 Å². The number of aromatic nitrogens is 2. The van der Waals surface area contributed by atoms with Gasteiger partial charge in [-0.3, -0.25) is 0 Å². The molecule has 2 rings (SSSR count). The summed E-state index contributed by atoms with van der Waals surface area (Å²) in [7, 11) is 0. The van der Waals surface area contributed by atoms with Gasteiger partial charge in [-0.05, 0) is 44.9 Å². The van der Waals surface area contributed by atoms with Crippen molar-refractivity contribution in [2.45, 2.75) is 46.6 Å². The van der Waals surface area contributed by atoms with Crippen molar-refractivity contribution in [2.24, 2.45) is 0 Å². The highest BCUT2D eigenvalue weighted by molar-refractivity contribution is 5.57. The van der Waals surface area contributed by atoms with Gasteiger partial charge in [-0.25, -0.2) is 4.68 Å². The van der Waals surface area contributed by atoms with Gasteiger partial charge in [-0.2, -0.15) is 5.10 Å². The molecule has 0 amide bonds. The van der Waals surface area contributed by atoms with Crippen LogP contribution in [-0.2, 0) is 12.8 Å². The summed E-state index contributed by atoms with van der Waals surface area (Å²) >= 11 is 0. The number of benzene rings is 1. The van der Waals surface area contributed by atoms with E-state index in [9.17, 15) is 0 Å². The fourth-order valence-corrected chi connectivity index (χ4v) is 2.13. The minimum atomic E-state index is 0.0991. The van der Waals surface area contributed by atoms with Crippen molar-refractivity contribution in [1.82, 2.24) is 9.78 Å². The van der Waals surface area contributed by atoms with Crippen molar-refractivity contribution >= 4 is 5.69 Å². The Kier molecular flexibility index (Phi) is 4.32. The molecule has 1 aromatic carbocycles. The molecule has 0 aliphatic heterocycles. The topological polar surface area (TPSA) is 53.1 Å². The maximum absolute atomic E-state index is 5.96. The third kappa shape index (κ3) is 2.95. The molecular weight excluding hydrogens is 250 g/mol. The van der Waals surface area contributed by atoms with Crippen LogP contribution in [0.25, 0.3) is 5.69 Å². The van der Waals surface area contributed by atoms with Crippen LogP contribution in [0.4, 0.5) is 5.69 Å². The molecule has 2 aromatic rings. The summed E-state index contributed by atoms with van der Waals surface area (Å²) in [5, 5.41) is 4.64. The average Bonchev–Trinajstić information content (AvgIpc) is 2.84. The molecule has 0 radical (unpaired) electrons. The highest BCUT2D eigenvalue weighted by Crippen LogP contribution is 2.26. The summed E-state index contributed by atoms with van der Waals surface area (Å²) < 4.78 is 7.73. The molecule has 0 aliphatic rings. The summed E-state index contributed by atoms with van der Waals surface area (Å²) in [5.74, 6) is 0.716. The number of nitrogen functional groups attached to an aromatic ring is 1. The Morgan fingerprint density at radius 3 is 2.55 bits per heavy atom. The van der Waals surface area contributed by atoms with Crippen molar-refractivity contribution in [3.8, 4) is 11.4 Å². The number of hydrogen-bond donors (Lipinski definition) is 1. The zero-order valence-electron chi connectivity index (χ0n) is 12.7. The predicted octanol–water partition coefficient (Wildman–Crippen LogP) is 3.37. The minimum Gasteiger partial charge on any atom is -0.489 e. The summed E-state index contributed by atoms with van der Waals surface area (Å²) in [6, 6.07) is 7.97. The summed E-state index contributed by atoms with van der Waals surface area (Å²) in [6.45, 7) is 8.23. The first-order chi connectivity index (χ1) is 9.55. The van der Waals surface area contributed by atoms with Gasteiger partial charge in [-0.1, -0.05) is 13.8 Å². The summed E-state index contributed by atoms with van der Waals surface area (Å²) in [6.07, 6.45) is 1.98. The smallest absolute Gasteiger partial charge is 0.144 e. The Bertz CT molecular complexity index is 587. The van der Waals surface area contributed by atoms with E-state index in [2.05, 4.69) is 25.0 Å². The Balaban J connectivity index is 2.44. The van der Waals surface area contributed by atoms with Crippen LogP contribution in [0.15, 0.2) is 24.3 Å². The molecule has 0 unspecified atom stereocenters. The largest absolute Gasteiger partial charge is 0.489 e. The van der Waals surface area contributed by atoms with Crippen LogP contribution in [0.5, 0.6) is 5.75 Å². The Hall–Kier alpha value is -1.97. The normalized spacial score (nSPS) is 11.1. The average molecular weight is 273 g/mol. The summed E-state index contributed by atoms with van der Waals surface area (Å²) in [5.41, 5.74) is 9.91. The quantitative estimate of drug-likeness (QED) is 0.850. The molecule has 0 spiro atoms. The van der Waals surface area contributed by atoms with E-state index >= 15 is 0 Å². The van der Waals surface area contributed by atoms with E-state index in [0.717, 1.165) is 24.2 Å². The number of nitrogens with zero attached hydrogens (tertiary/aromatic N) is 2. The van der Waals surface area contributed by atoms with Crippen LogP contribution in [0.2, 0.25) is 0 Å². The van der Waals surface area contributed by atoms with Gasteiger partial charge in [0.05, 0.1) is 23.2 Å². The SMILES string of the molecule is CCc1cc(CC)n(-c2ccc(N)c(OC(C)C)c2)n1. The summed E-state index contributed by atoms with van der Waals surface area (Å²) in [4.78, 5) is 0. The highest BCUT2D eigenvalue weighted by atomic mass is 16.5. The number of anilines is 1. The Labute approximate surface area is 120 Å². The van der Waals surface area contributed by atoms with E-state index in [1.165, 1.54) is 5.69 Å². The molecule has 0 fully saturated rings. The number of hydrogen-bond acceptors (Lipinski definition) is 3. The monoisotopic (exact) mass is 273 g/mol. The van der Waals surface area contributed by atoms with E-state index in [0.29, 0.717) is 11.4 Å². The second-order valence-electron chi connectivity index (χ2n) is 5.13. The van der Waals surface area contributed by atoms with Crippen LogP contribution in [0.1, 0.15) is 39.1 Å². The van der Waals surface area contributed by atoms with Gasteiger partial charge >= 0.3 is 0 Å². The molecule has 20 heavy (non-hydrogen) atoms. The first-order valence-corrected chi connectivity index (χ1v) is 7.19. The van der Waals surface area contributed by atoms with Crippen LogP contribution in [0.3, 0.4) is 0 Å².